The lowest BCUT2D eigenvalue weighted by atomic mass is 10.0. The van der Waals surface area contributed by atoms with E-state index in [1.165, 1.54) is 6.33 Å². The van der Waals surface area contributed by atoms with Crippen LogP contribution in [0.3, 0.4) is 0 Å². The van der Waals surface area contributed by atoms with Gasteiger partial charge in [-0.05, 0) is 13.0 Å². The molecular weight excluding hydrogens is 369 g/mol. The molecule has 0 amide bonds. The SMILES string of the molecule is [CH2]c1ccc(-c2cccc(-c3ncnc(Cl)c3Cl)c2Cl)nc1OC. The normalized spacial score (nSPS) is 10.7. The van der Waals surface area contributed by atoms with E-state index in [-0.39, 0.29) is 10.2 Å². The molecule has 1 aromatic carbocycles. The summed E-state index contributed by atoms with van der Waals surface area (Å²) in [6.45, 7) is 3.87. The molecule has 7 heteroatoms. The molecule has 0 fully saturated rings. The van der Waals surface area contributed by atoms with Crippen molar-refractivity contribution in [3.05, 3.63) is 64.3 Å². The number of hydrogen-bond donors (Lipinski definition) is 0. The van der Waals surface area contributed by atoms with Crippen molar-refractivity contribution in [2.45, 2.75) is 0 Å². The van der Waals surface area contributed by atoms with Crippen LogP contribution >= 0.6 is 34.8 Å². The van der Waals surface area contributed by atoms with Crippen molar-refractivity contribution >= 4 is 34.8 Å². The molecule has 121 valence electrons. The first kappa shape index (κ1) is 17.0. The van der Waals surface area contributed by atoms with Crippen molar-refractivity contribution in [2.24, 2.45) is 0 Å². The van der Waals surface area contributed by atoms with E-state index in [0.717, 1.165) is 5.56 Å². The first-order chi connectivity index (χ1) is 11.5. The summed E-state index contributed by atoms with van der Waals surface area (Å²) in [6, 6.07) is 9.15. The average Bonchev–Trinajstić information content (AvgIpc) is 2.58. The van der Waals surface area contributed by atoms with Gasteiger partial charge in [0.2, 0.25) is 5.88 Å². The number of halogens is 3. The van der Waals surface area contributed by atoms with E-state index < -0.39 is 0 Å². The molecule has 4 nitrogen and oxygen atoms in total. The van der Waals surface area contributed by atoms with Gasteiger partial charge in [-0.2, -0.15) is 0 Å². The lowest BCUT2D eigenvalue weighted by molar-refractivity contribution is 0.396. The minimum absolute atomic E-state index is 0.171. The zero-order valence-corrected chi connectivity index (χ0v) is 14.8. The van der Waals surface area contributed by atoms with Crippen LogP contribution in [0.4, 0.5) is 0 Å². The smallest absolute Gasteiger partial charge is 0.216 e. The monoisotopic (exact) mass is 378 g/mol. The number of pyridine rings is 1. The summed E-state index contributed by atoms with van der Waals surface area (Å²) >= 11 is 18.8. The average molecular weight is 380 g/mol. The lowest BCUT2D eigenvalue weighted by Gasteiger charge is -2.12. The second-order valence-corrected chi connectivity index (χ2v) is 5.97. The Bertz CT molecular complexity index is 916. The van der Waals surface area contributed by atoms with E-state index in [2.05, 4.69) is 21.9 Å². The van der Waals surface area contributed by atoms with E-state index in [0.29, 0.717) is 33.4 Å². The predicted octanol–water partition coefficient (Wildman–Crippen LogP) is 5.36. The van der Waals surface area contributed by atoms with Crippen LogP contribution in [0.25, 0.3) is 22.5 Å². The standard InChI is InChI=1S/C17H11Cl3N3O/c1-9-6-7-12(23-17(9)24-2)10-4-3-5-11(13(10)18)15-14(19)16(20)22-8-21-15/h3-8H,1H2,2H3. The summed E-state index contributed by atoms with van der Waals surface area (Å²) in [5.74, 6) is 0.442. The summed E-state index contributed by atoms with van der Waals surface area (Å²) in [7, 11) is 1.54. The molecule has 0 aliphatic carbocycles. The second kappa shape index (κ2) is 6.93. The maximum atomic E-state index is 6.58. The lowest BCUT2D eigenvalue weighted by Crippen LogP contribution is -1.95. The van der Waals surface area contributed by atoms with Gasteiger partial charge in [0.1, 0.15) is 11.3 Å². The van der Waals surface area contributed by atoms with Gasteiger partial charge in [0.25, 0.3) is 0 Å². The van der Waals surface area contributed by atoms with Crippen molar-refractivity contribution in [2.75, 3.05) is 7.11 Å². The first-order valence-electron chi connectivity index (χ1n) is 6.85. The zero-order chi connectivity index (χ0) is 17.3. The molecule has 0 aliphatic heterocycles. The fourth-order valence-corrected chi connectivity index (χ4v) is 2.89. The molecular formula is C17H11Cl3N3O. The molecule has 0 spiro atoms. The molecule has 2 heterocycles. The van der Waals surface area contributed by atoms with Gasteiger partial charge in [0.15, 0.2) is 5.15 Å². The summed E-state index contributed by atoms with van der Waals surface area (Å²) in [5.41, 5.74) is 3.17. The maximum Gasteiger partial charge on any atom is 0.216 e. The molecule has 3 rings (SSSR count). The highest BCUT2D eigenvalue weighted by atomic mass is 35.5. The third kappa shape index (κ3) is 3.05. The van der Waals surface area contributed by atoms with Crippen LogP contribution in [0.2, 0.25) is 15.2 Å². The van der Waals surface area contributed by atoms with Crippen LogP contribution in [0.1, 0.15) is 5.56 Å². The van der Waals surface area contributed by atoms with Gasteiger partial charge in [-0.1, -0.05) is 59.1 Å². The number of methoxy groups -OCH3 is 1. The number of aromatic nitrogens is 3. The topological polar surface area (TPSA) is 47.9 Å². The molecule has 0 N–H and O–H groups in total. The van der Waals surface area contributed by atoms with Gasteiger partial charge in [-0.15, -0.1) is 0 Å². The quantitative estimate of drug-likeness (QED) is 0.575. The van der Waals surface area contributed by atoms with Crippen LogP contribution < -0.4 is 4.74 Å². The highest BCUT2D eigenvalue weighted by molar-refractivity contribution is 6.43. The van der Waals surface area contributed by atoms with Crippen LogP contribution in [-0.4, -0.2) is 22.1 Å². The fraction of sp³-hybridized carbons (Fsp3) is 0.0588. The highest BCUT2D eigenvalue weighted by Gasteiger charge is 2.16. The number of ether oxygens (including phenoxy) is 1. The Balaban J connectivity index is 2.17. The van der Waals surface area contributed by atoms with Gasteiger partial charge in [-0.3, -0.25) is 0 Å². The van der Waals surface area contributed by atoms with Crippen LogP contribution in [0, 0.1) is 6.92 Å². The molecule has 2 aromatic heterocycles. The van der Waals surface area contributed by atoms with Gasteiger partial charge >= 0.3 is 0 Å². The van der Waals surface area contributed by atoms with Crippen molar-refractivity contribution in [3.8, 4) is 28.4 Å². The zero-order valence-electron chi connectivity index (χ0n) is 12.6. The van der Waals surface area contributed by atoms with Crippen molar-refractivity contribution in [1.29, 1.82) is 0 Å². The maximum absolute atomic E-state index is 6.58. The second-order valence-electron chi connectivity index (χ2n) is 4.86. The van der Waals surface area contributed by atoms with Crippen molar-refractivity contribution in [1.82, 2.24) is 15.0 Å². The summed E-state index contributed by atoms with van der Waals surface area (Å²) < 4.78 is 5.22. The van der Waals surface area contributed by atoms with E-state index in [1.54, 1.807) is 7.11 Å². The minimum Gasteiger partial charge on any atom is -0.481 e. The molecule has 0 saturated carbocycles. The molecule has 0 saturated heterocycles. The molecule has 24 heavy (non-hydrogen) atoms. The summed E-state index contributed by atoms with van der Waals surface area (Å²) in [6.07, 6.45) is 1.34. The molecule has 0 atom stereocenters. The van der Waals surface area contributed by atoms with Gasteiger partial charge in [0.05, 0.1) is 23.5 Å². The van der Waals surface area contributed by atoms with Crippen LogP contribution in [0.15, 0.2) is 36.7 Å². The third-order valence-corrected chi connectivity index (χ3v) is 4.56. The van der Waals surface area contributed by atoms with Crippen molar-refractivity contribution < 1.29 is 4.74 Å². The van der Waals surface area contributed by atoms with Gasteiger partial charge in [-0.25, -0.2) is 15.0 Å². The molecule has 3 aromatic rings. The predicted molar refractivity (Wildman–Crippen MR) is 96.7 cm³/mol. The Kier molecular flexibility index (Phi) is 4.90. The largest absolute Gasteiger partial charge is 0.481 e. The molecule has 1 radical (unpaired) electrons. The Morgan fingerprint density at radius 2 is 1.71 bits per heavy atom. The van der Waals surface area contributed by atoms with Crippen molar-refractivity contribution in [3.63, 3.8) is 0 Å². The number of nitrogens with zero attached hydrogens (tertiary/aromatic N) is 3. The van der Waals surface area contributed by atoms with E-state index in [4.69, 9.17) is 39.5 Å². The summed E-state index contributed by atoms with van der Waals surface area (Å²) in [5, 5.41) is 0.877. The Labute approximate surface area is 154 Å². The number of benzene rings is 1. The Morgan fingerprint density at radius 3 is 2.46 bits per heavy atom. The Hall–Kier alpha value is -1.88. The molecule has 0 unspecified atom stereocenters. The highest BCUT2D eigenvalue weighted by Crippen LogP contribution is 2.39. The van der Waals surface area contributed by atoms with Crippen LogP contribution in [0.5, 0.6) is 5.88 Å². The van der Waals surface area contributed by atoms with Crippen LogP contribution in [-0.2, 0) is 0 Å². The molecule has 0 aliphatic rings. The van der Waals surface area contributed by atoms with Gasteiger partial charge < -0.3 is 4.74 Å². The number of hydrogen-bond acceptors (Lipinski definition) is 4. The number of rotatable bonds is 3. The third-order valence-electron chi connectivity index (χ3n) is 3.41. The first-order valence-corrected chi connectivity index (χ1v) is 7.98. The minimum atomic E-state index is 0.171. The Morgan fingerprint density at radius 1 is 0.958 bits per heavy atom. The van der Waals surface area contributed by atoms with E-state index >= 15 is 0 Å². The van der Waals surface area contributed by atoms with E-state index in [9.17, 15) is 0 Å². The molecule has 0 bridgehead atoms. The van der Waals surface area contributed by atoms with Gasteiger partial charge in [0, 0.05) is 16.7 Å². The fourth-order valence-electron chi connectivity index (χ4n) is 2.24. The summed E-state index contributed by atoms with van der Waals surface area (Å²) in [4.78, 5) is 12.5. The van der Waals surface area contributed by atoms with E-state index in [1.807, 2.05) is 30.3 Å².